The molecular weight excluding hydrogens is 338 g/mol. The molecule has 0 radical (unpaired) electrons. The fraction of sp³-hybridized carbons (Fsp3) is 0. The number of fused-ring (bicyclic) bond motifs is 1. The molecule has 0 aliphatic carbocycles. The largest absolute Gasteiger partial charge is 0.271 e. The summed E-state index contributed by atoms with van der Waals surface area (Å²) < 4.78 is 14.8. The lowest BCUT2D eigenvalue weighted by Gasteiger charge is -1.93. The van der Waals surface area contributed by atoms with Gasteiger partial charge < -0.3 is 0 Å². The normalized spacial score (nSPS) is 10.9. The van der Waals surface area contributed by atoms with Crippen molar-refractivity contribution in [1.29, 1.82) is 0 Å². The Hall–Kier alpha value is -0.170. The van der Waals surface area contributed by atoms with E-state index in [1.807, 2.05) is 0 Å². The number of hydrogen-bond donors (Lipinski definition) is 1. The van der Waals surface area contributed by atoms with Gasteiger partial charge >= 0.3 is 0 Å². The molecule has 0 spiro atoms. The van der Waals surface area contributed by atoms with Gasteiger partial charge in [0.25, 0.3) is 0 Å². The minimum atomic E-state index is -0.299. The fourth-order valence-electron chi connectivity index (χ4n) is 1.02. The molecule has 0 bridgehead atoms. The molecule has 2 aromatic rings. The Balaban J connectivity index is 2.98. The molecular formula is C7H3BrFIN2. The van der Waals surface area contributed by atoms with Crippen LogP contribution < -0.4 is 0 Å². The standard InChI is InChI=1S/C7H3BrFIN2/c8-3-1-2-4(9)6-5(3)7(10)12-11-6/h1-2H,(H,11,12). The highest BCUT2D eigenvalue weighted by Crippen LogP contribution is 2.27. The molecule has 1 N–H and O–H groups in total. The van der Waals surface area contributed by atoms with Gasteiger partial charge in [-0.05, 0) is 50.7 Å². The average Bonchev–Trinajstić information content (AvgIpc) is 2.42. The van der Waals surface area contributed by atoms with E-state index in [1.54, 1.807) is 6.07 Å². The molecule has 0 unspecified atom stereocenters. The highest BCUT2D eigenvalue weighted by molar-refractivity contribution is 14.1. The highest BCUT2D eigenvalue weighted by Gasteiger charge is 2.10. The number of aromatic amines is 1. The third-order valence-electron chi connectivity index (χ3n) is 1.56. The van der Waals surface area contributed by atoms with E-state index in [-0.39, 0.29) is 5.82 Å². The van der Waals surface area contributed by atoms with Gasteiger partial charge in [-0.15, -0.1) is 0 Å². The van der Waals surface area contributed by atoms with Crippen molar-refractivity contribution in [2.24, 2.45) is 0 Å². The number of nitrogens with zero attached hydrogens (tertiary/aromatic N) is 1. The molecule has 0 aliphatic rings. The van der Waals surface area contributed by atoms with Crippen LogP contribution in [0.4, 0.5) is 4.39 Å². The Labute approximate surface area is 89.8 Å². The summed E-state index contributed by atoms with van der Waals surface area (Å²) >= 11 is 5.41. The molecule has 62 valence electrons. The SMILES string of the molecule is Fc1ccc(Br)c2c(I)[nH]nc12. The summed E-state index contributed by atoms with van der Waals surface area (Å²) in [5, 5.41) is 7.37. The smallest absolute Gasteiger partial charge is 0.151 e. The first-order chi connectivity index (χ1) is 5.70. The Kier molecular flexibility index (Phi) is 2.07. The lowest BCUT2D eigenvalue weighted by Crippen LogP contribution is -1.78. The summed E-state index contributed by atoms with van der Waals surface area (Å²) in [6.07, 6.45) is 0. The summed E-state index contributed by atoms with van der Waals surface area (Å²) in [5.74, 6) is -0.299. The second-order valence-electron chi connectivity index (χ2n) is 2.29. The van der Waals surface area contributed by atoms with Gasteiger partial charge in [0.05, 0.1) is 5.39 Å². The highest BCUT2D eigenvalue weighted by atomic mass is 127. The van der Waals surface area contributed by atoms with Crippen molar-refractivity contribution >= 4 is 49.4 Å². The number of aromatic nitrogens is 2. The Morgan fingerprint density at radius 3 is 2.92 bits per heavy atom. The van der Waals surface area contributed by atoms with E-state index >= 15 is 0 Å². The zero-order valence-electron chi connectivity index (χ0n) is 5.74. The number of benzene rings is 1. The van der Waals surface area contributed by atoms with E-state index in [2.05, 4.69) is 48.7 Å². The monoisotopic (exact) mass is 340 g/mol. The van der Waals surface area contributed by atoms with Crippen molar-refractivity contribution in [3.05, 3.63) is 26.1 Å². The third kappa shape index (κ3) is 1.15. The van der Waals surface area contributed by atoms with Crippen LogP contribution in [0.2, 0.25) is 0 Å². The number of nitrogens with one attached hydrogen (secondary N) is 1. The van der Waals surface area contributed by atoms with Crippen LogP contribution in [0.15, 0.2) is 16.6 Å². The van der Waals surface area contributed by atoms with Crippen LogP contribution in [0, 0.1) is 9.52 Å². The van der Waals surface area contributed by atoms with E-state index in [0.717, 1.165) is 13.6 Å². The number of rotatable bonds is 0. The van der Waals surface area contributed by atoms with E-state index in [9.17, 15) is 4.39 Å². The first-order valence-corrected chi connectivity index (χ1v) is 5.05. The first kappa shape index (κ1) is 8.43. The van der Waals surface area contributed by atoms with Crippen molar-refractivity contribution in [1.82, 2.24) is 10.2 Å². The Morgan fingerprint density at radius 2 is 2.25 bits per heavy atom. The molecule has 1 aromatic heterocycles. The number of halogens is 3. The molecule has 2 nitrogen and oxygen atoms in total. The summed E-state index contributed by atoms with van der Waals surface area (Å²) in [5.41, 5.74) is 0.383. The molecule has 0 saturated carbocycles. The molecule has 5 heteroatoms. The topological polar surface area (TPSA) is 28.7 Å². The van der Waals surface area contributed by atoms with Crippen LogP contribution in [0.25, 0.3) is 10.9 Å². The van der Waals surface area contributed by atoms with Crippen LogP contribution in [-0.4, -0.2) is 10.2 Å². The van der Waals surface area contributed by atoms with Crippen LogP contribution in [0.1, 0.15) is 0 Å². The molecule has 1 heterocycles. The molecule has 2 rings (SSSR count). The summed E-state index contributed by atoms with van der Waals surface area (Å²) in [7, 11) is 0. The van der Waals surface area contributed by atoms with Crippen molar-refractivity contribution in [3.63, 3.8) is 0 Å². The van der Waals surface area contributed by atoms with Crippen LogP contribution in [-0.2, 0) is 0 Å². The number of H-pyrrole nitrogens is 1. The second-order valence-corrected chi connectivity index (χ2v) is 4.22. The lowest BCUT2D eigenvalue weighted by atomic mass is 10.2. The van der Waals surface area contributed by atoms with Crippen molar-refractivity contribution in [3.8, 4) is 0 Å². The van der Waals surface area contributed by atoms with Gasteiger partial charge in [0.2, 0.25) is 0 Å². The zero-order chi connectivity index (χ0) is 8.72. The maximum Gasteiger partial charge on any atom is 0.151 e. The summed E-state index contributed by atoms with van der Waals surface area (Å²) in [4.78, 5) is 0. The average molecular weight is 341 g/mol. The summed E-state index contributed by atoms with van der Waals surface area (Å²) in [6.45, 7) is 0. The van der Waals surface area contributed by atoms with Gasteiger partial charge in [0, 0.05) is 4.47 Å². The van der Waals surface area contributed by atoms with Gasteiger partial charge in [-0.1, -0.05) is 0 Å². The van der Waals surface area contributed by atoms with Crippen molar-refractivity contribution in [2.75, 3.05) is 0 Å². The zero-order valence-corrected chi connectivity index (χ0v) is 9.48. The molecule has 0 aliphatic heterocycles. The van der Waals surface area contributed by atoms with E-state index < -0.39 is 0 Å². The van der Waals surface area contributed by atoms with Gasteiger partial charge in [-0.3, -0.25) is 5.10 Å². The van der Waals surface area contributed by atoms with E-state index in [0.29, 0.717) is 5.52 Å². The molecule has 0 saturated heterocycles. The Bertz CT molecular complexity index is 440. The van der Waals surface area contributed by atoms with E-state index in [1.165, 1.54) is 6.07 Å². The summed E-state index contributed by atoms with van der Waals surface area (Å²) in [6, 6.07) is 3.07. The molecule has 0 atom stereocenters. The molecule has 1 aromatic carbocycles. The minimum absolute atomic E-state index is 0.299. The molecule has 12 heavy (non-hydrogen) atoms. The maximum absolute atomic E-state index is 13.1. The first-order valence-electron chi connectivity index (χ1n) is 3.17. The maximum atomic E-state index is 13.1. The minimum Gasteiger partial charge on any atom is -0.271 e. The van der Waals surface area contributed by atoms with Gasteiger partial charge in [-0.2, -0.15) is 5.10 Å². The fourth-order valence-corrected chi connectivity index (χ4v) is 2.58. The predicted molar refractivity (Wildman–Crippen MR) is 56.5 cm³/mol. The van der Waals surface area contributed by atoms with Crippen molar-refractivity contribution in [2.45, 2.75) is 0 Å². The van der Waals surface area contributed by atoms with Crippen LogP contribution in [0.3, 0.4) is 0 Å². The van der Waals surface area contributed by atoms with Crippen LogP contribution >= 0.6 is 38.5 Å². The molecule has 0 fully saturated rings. The van der Waals surface area contributed by atoms with E-state index in [4.69, 9.17) is 0 Å². The lowest BCUT2D eigenvalue weighted by molar-refractivity contribution is 0.636. The van der Waals surface area contributed by atoms with Gasteiger partial charge in [0.15, 0.2) is 5.82 Å². The second kappa shape index (κ2) is 2.95. The van der Waals surface area contributed by atoms with Gasteiger partial charge in [0.1, 0.15) is 9.22 Å². The third-order valence-corrected chi connectivity index (χ3v) is 3.00. The van der Waals surface area contributed by atoms with Crippen molar-refractivity contribution < 1.29 is 4.39 Å². The Morgan fingerprint density at radius 1 is 1.50 bits per heavy atom. The predicted octanol–water partition coefficient (Wildman–Crippen LogP) is 3.07. The molecule has 0 amide bonds. The quantitative estimate of drug-likeness (QED) is 0.734. The van der Waals surface area contributed by atoms with Crippen LogP contribution in [0.5, 0.6) is 0 Å². The van der Waals surface area contributed by atoms with Gasteiger partial charge in [-0.25, -0.2) is 4.39 Å². The number of hydrogen-bond acceptors (Lipinski definition) is 1.